The van der Waals surface area contributed by atoms with Crippen molar-refractivity contribution < 1.29 is 9.53 Å². The zero-order valence-corrected chi connectivity index (χ0v) is 19.2. The molecular formula is C26H29N5O2. The minimum absolute atomic E-state index is 0.0685. The number of anilines is 1. The van der Waals surface area contributed by atoms with Gasteiger partial charge in [-0.1, -0.05) is 18.1 Å². The van der Waals surface area contributed by atoms with E-state index in [4.69, 9.17) is 4.74 Å². The van der Waals surface area contributed by atoms with Gasteiger partial charge in [0.05, 0.1) is 24.4 Å². The van der Waals surface area contributed by atoms with Crippen LogP contribution >= 0.6 is 0 Å². The van der Waals surface area contributed by atoms with Crippen molar-refractivity contribution in [3.63, 3.8) is 0 Å². The van der Waals surface area contributed by atoms with Gasteiger partial charge in [-0.15, -0.1) is 0 Å². The monoisotopic (exact) mass is 443 g/mol. The van der Waals surface area contributed by atoms with Crippen molar-refractivity contribution in [2.45, 2.75) is 12.5 Å². The van der Waals surface area contributed by atoms with Crippen molar-refractivity contribution in [1.29, 1.82) is 0 Å². The molecule has 0 aliphatic carbocycles. The van der Waals surface area contributed by atoms with Crippen LogP contribution in [0.4, 0.5) is 5.69 Å². The molecule has 2 aliphatic rings. The quantitative estimate of drug-likeness (QED) is 0.631. The third-order valence-electron chi connectivity index (χ3n) is 6.56. The highest BCUT2D eigenvalue weighted by Gasteiger charge is 2.28. The summed E-state index contributed by atoms with van der Waals surface area (Å²) in [5.74, 6) is 6.65. The van der Waals surface area contributed by atoms with E-state index >= 15 is 0 Å². The molecule has 2 aromatic carbocycles. The molecule has 3 heterocycles. The molecule has 1 unspecified atom stereocenters. The summed E-state index contributed by atoms with van der Waals surface area (Å²) < 4.78 is 5.49. The smallest absolute Gasteiger partial charge is 0.253 e. The number of rotatable bonds is 3. The van der Waals surface area contributed by atoms with Crippen molar-refractivity contribution in [1.82, 2.24) is 20.0 Å². The van der Waals surface area contributed by atoms with E-state index in [0.717, 1.165) is 73.7 Å². The lowest BCUT2D eigenvalue weighted by Gasteiger charge is -2.29. The molecule has 2 fully saturated rings. The molecule has 0 radical (unpaired) electrons. The Bertz CT molecular complexity index is 1220. The number of ether oxygens (including phenoxy) is 1. The molecule has 1 amide bonds. The molecule has 7 nitrogen and oxygen atoms in total. The van der Waals surface area contributed by atoms with Gasteiger partial charge in [-0.05, 0) is 56.8 Å². The number of hydrogen-bond donors (Lipinski definition) is 1. The summed E-state index contributed by atoms with van der Waals surface area (Å²) in [6, 6.07) is 14.3. The Morgan fingerprint density at radius 3 is 2.73 bits per heavy atom. The molecule has 0 spiro atoms. The standard InChI is InChI=1S/C26H29N5O2/c1-29(2)21-11-12-31(18-21)26(32)20-8-10-24-22(17-20)23(27-28-24)9-7-19-5-3-4-6-25(19)30-13-15-33-16-14-30/h3-6,8,10,17,21H,11-16,18H2,1-2H3,(H,27,28). The summed E-state index contributed by atoms with van der Waals surface area (Å²) in [6.45, 7) is 4.74. The molecule has 1 N–H and O–H groups in total. The number of aromatic amines is 1. The van der Waals surface area contributed by atoms with Gasteiger partial charge in [0.1, 0.15) is 5.69 Å². The number of aromatic nitrogens is 2. The van der Waals surface area contributed by atoms with E-state index in [0.29, 0.717) is 11.6 Å². The molecule has 3 aromatic rings. The number of carbonyl (C=O) groups excluding carboxylic acids is 1. The van der Waals surface area contributed by atoms with Crippen LogP contribution in [-0.2, 0) is 4.74 Å². The maximum Gasteiger partial charge on any atom is 0.253 e. The second-order valence-corrected chi connectivity index (χ2v) is 8.85. The SMILES string of the molecule is CN(C)C1CCN(C(=O)c2ccc3n[nH]c(C#Cc4ccccc4N4CCOCC4)c3c2)C1. The summed E-state index contributed by atoms with van der Waals surface area (Å²) >= 11 is 0. The Labute approximate surface area is 194 Å². The lowest BCUT2D eigenvalue weighted by molar-refractivity contribution is 0.0783. The van der Waals surface area contributed by atoms with Gasteiger partial charge in [-0.25, -0.2) is 0 Å². The second-order valence-electron chi connectivity index (χ2n) is 8.85. The lowest BCUT2D eigenvalue weighted by Crippen LogP contribution is -2.36. The van der Waals surface area contributed by atoms with Crippen LogP contribution in [-0.4, -0.2) is 85.4 Å². The van der Waals surface area contributed by atoms with Crippen LogP contribution in [0.2, 0.25) is 0 Å². The Morgan fingerprint density at radius 1 is 1.12 bits per heavy atom. The molecule has 170 valence electrons. The van der Waals surface area contributed by atoms with Gasteiger partial charge >= 0.3 is 0 Å². The van der Waals surface area contributed by atoms with Gasteiger partial charge in [-0.2, -0.15) is 5.10 Å². The molecule has 5 rings (SSSR count). The fourth-order valence-electron chi connectivity index (χ4n) is 4.56. The summed E-state index contributed by atoms with van der Waals surface area (Å²) in [6.07, 6.45) is 1.01. The van der Waals surface area contributed by atoms with E-state index < -0.39 is 0 Å². The van der Waals surface area contributed by atoms with Crippen LogP contribution in [0.15, 0.2) is 42.5 Å². The van der Waals surface area contributed by atoms with Gasteiger partial charge in [-0.3, -0.25) is 9.89 Å². The summed E-state index contributed by atoms with van der Waals surface area (Å²) in [7, 11) is 4.14. The number of likely N-dealkylation sites (tertiary alicyclic amines) is 1. The molecular weight excluding hydrogens is 414 g/mol. The average molecular weight is 444 g/mol. The Morgan fingerprint density at radius 2 is 1.94 bits per heavy atom. The molecule has 1 aromatic heterocycles. The normalized spacial score (nSPS) is 18.6. The Balaban J connectivity index is 1.41. The van der Waals surface area contributed by atoms with Gasteiger partial charge in [0, 0.05) is 48.7 Å². The number of morpholine rings is 1. The molecule has 1 atom stereocenters. The second kappa shape index (κ2) is 9.26. The molecule has 33 heavy (non-hydrogen) atoms. The first-order valence-electron chi connectivity index (χ1n) is 11.5. The summed E-state index contributed by atoms with van der Waals surface area (Å²) in [4.78, 5) is 19.6. The highest BCUT2D eigenvalue weighted by atomic mass is 16.5. The summed E-state index contributed by atoms with van der Waals surface area (Å²) in [5, 5.41) is 8.32. The van der Waals surface area contributed by atoms with E-state index in [1.165, 1.54) is 0 Å². The molecule has 7 heteroatoms. The van der Waals surface area contributed by atoms with E-state index in [2.05, 4.69) is 52.0 Å². The minimum atomic E-state index is 0.0685. The highest BCUT2D eigenvalue weighted by Crippen LogP contribution is 2.23. The van der Waals surface area contributed by atoms with Gasteiger partial charge in [0.15, 0.2) is 0 Å². The number of amides is 1. The van der Waals surface area contributed by atoms with Crippen molar-refractivity contribution in [2.75, 3.05) is 58.4 Å². The van der Waals surface area contributed by atoms with Gasteiger partial charge in [0.2, 0.25) is 0 Å². The molecule has 2 aliphatic heterocycles. The van der Waals surface area contributed by atoms with E-state index in [1.54, 1.807) is 0 Å². The first kappa shape index (κ1) is 21.5. The zero-order chi connectivity index (χ0) is 22.8. The predicted octanol–water partition coefficient (Wildman–Crippen LogP) is 2.58. The van der Waals surface area contributed by atoms with Crippen LogP contribution in [0, 0.1) is 11.8 Å². The Kier molecular flexibility index (Phi) is 6.03. The van der Waals surface area contributed by atoms with E-state index in [1.807, 2.05) is 41.3 Å². The average Bonchev–Trinajstić information content (AvgIpc) is 3.50. The number of hydrogen-bond acceptors (Lipinski definition) is 5. The largest absolute Gasteiger partial charge is 0.378 e. The number of benzene rings is 2. The fraction of sp³-hybridized carbons (Fsp3) is 0.385. The zero-order valence-electron chi connectivity index (χ0n) is 19.2. The van der Waals surface area contributed by atoms with Crippen LogP contribution < -0.4 is 4.90 Å². The maximum atomic E-state index is 13.1. The van der Waals surface area contributed by atoms with Crippen molar-refractivity contribution in [3.05, 3.63) is 59.3 Å². The van der Waals surface area contributed by atoms with Crippen LogP contribution in [0.1, 0.15) is 28.0 Å². The third kappa shape index (κ3) is 4.45. The van der Waals surface area contributed by atoms with E-state index in [-0.39, 0.29) is 5.91 Å². The fourth-order valence-corrected chi connectivity index (χ4v) is 4.56. The number of para-hydroxylation sites is 1. The number of likely N-dealkylation sites (N-methyl/N-ethyl adjacent to an activating group) is 1. The highest BCUT2D eigenvalue weighted by molar-refractivity contribution is 5.99. The van der Waals surface area contributed by atoms with Crippen molar-refractivity contribution >= 4 is 22.5 Å². The first-order valence-corrected chi connectivity index (χ1v) is 11.5. The van der Waals surface area contributed by atoms with Gasteiger partial charge in [0.25, 0.3) is 5.91 Å². The number of fused-ring (bicyclic) bond motifs is 1. The first-order chi connectivity index (χ1) is 16.1. The lowest BCUT2D eigenvalue weighted by atomic mass is 10.1. The third-order valence-corrected chi connectivity index (χ3v) is 6.56. The number of nitrogens with one attached hydrogen (secondary N) is 1. The van der Waals surface area contributed by atoms with Crippen molar-refractivity contribution in [3.8, 4) is 11.8 Å². The van der Waals surface area contributed by atoms with E-state index in [9.17, 15) is 4.79 Å². The van der Waals surface area contributed by atoms with Gasteiger partial charge < -0.3 is 19.4 Å². The maximum absolute atomic E-state index is 13.1. The van der Waals surface area contributed by atoms with Crippen LogP contribution in [0.25, 0.3) is 10.9 Å². The van der Waals surface area contributed by atoms with Crippen LogP contribution in [0.3, 0.4) is 0 Å². The molecule has 0 bridgehead atoms. The molecule has 2 saturated heterocycles. The van der Waals surface area contributed by atoms with Crippen LogP contribution in [0.5, 0.6) is 0 Å². The molecule has 0 saturated carbocycles. The topological polar surface area (TPSA) is 64.7 Å². The summed E-state index contributed by atoms with van der Waals surface area (Å²) in [5.41, 5.74) is 4.31. The number of nitrogens with zero attached hydrogens (tertiary/aromatic N) is 4. The number of H-pyrrole nitrogens is 1. The van der Waals surface area contributed by atoms with Crippen molar-refractivity contribution in [2.24, 2.45) is 0 Å². The Hall–Kier alpha value is -3.34. The predicted molar refractivity (Wildman–Crippen MR) is 130 cm³/mol. The number of carbonyl (C=O) groups is 1. The minimum Gasteiger partial charge on any atom is -0.378 e.